The van der Waals surface area contributed by atoms with Crippen LogP contribution in [0.15, 0.2) is 67.3 Å². The molecule has 0 spiro atoms. The molecule has 128 valence electrons. The molecule has 0 fully saturated rings. The van der Waals surface area contributed by atoms with Crippen LogP contribution in [0.25, 0.3) is 0 Å². The highest BCUT2D eigenvalue weighted by Gasteiger charge is 2.08. The van der Waals surface area contributed by atoms with E-state index in [9.17, 15) is 5.11 Å². The van der Waals surface area contributed by atoms with Gasteiger partial charge in [0.25, 0.3) is 0 Å². The maximum Gasteiger partial charge on any atom is 0.321 e. The van der Waals surface area contributed by atoms with Crippen molar-refractivity contribution in [1.82, 2.24) is 19.9 Å². The van der Waals surface area contributed by atoms with Crippen molar-refractivity contribution < 1.29 is 9.84 Å². The summed E-state index contributed by atoms with van der Waals surface area (Å²) in [5.41, 5.74) is 2.20. The van der Waals surface area contributed by atoms with Crippen molar-refractivity contribution in [3.05, 3.63) is 78.4 Å². The second kappa shape index (κ2) is 8.86. The molecule has 1 aromatic carbocycles. The van der Waals surface area contributed by atoms with E-state index >= 15 is 0 Å². The van der Waals surface area contributed by atoms with Crippen LogP contribution in [0.2, 0.25) is 0 Å². The van der Waals surface area contributed by atoms with E-state index in [1.165, 1.54) is 0 Å². The second-order valence-corrected chi connectivity index (χ2v) is 5.58. The molecule has 0 unspecified atom stereocenters. The molecule has 0 aliphatic rings. The number of aromatic nitrogens is 3. The van der Waals surface area contributed by atoms with Gasteiger partial charge in [-0.15, -0.1) is 0 Å². The molecule has 2 aromatic heterocycles. The third-order valence-corrected chi connectivity index (χ3v) is 3.60. The Balaban J connectivity index is 1.68. The zero-order valence-electron chi connectivity index (χ0n) is 13.8. The third kappa shape index (κ3) is 5.34. The van der Waals surface area contributed by atoms with Crippen LogP contribution in [-0.4, -0.2) is 38.1 Å². The highest BCUT2D eigenvalue weighted by molar-refractivity contribution is 5.30. The fraction of sp³-hybridized carbons (Fsp3) is 0.211. The van der Waals surface area contributed by atoms with Crippen LogP contribution in [0.5, 0.6) is 11.8 Å². The highest BCUT2D eigenvalue weighted by Crippen LogP contribution is 2.20. The minimum Gasteiger partial charge on any atom is -0.424 e. The topological polar surface area (TPSA) is 71.4 Å². The molecule has 1 N–H and O–H groups in total. The fourth-order valence-electron chi connectivity index (χ4n) is 2.51. The van der Waals surface area contributed by atoms with Gasteiger partial charge in [-0.3, -0.25) is 9.88 Å². The highest BCUT2D eigenvalue weighted by atomic mass is 16.5. The summed E-state index contributed by atoms with van der Waals surface area (Å²) >= 11 is 0. The normalized spacial score (nSPS) is 10.8. The summed E-state index contributed by atoms with van der Waals surface area (Å²) < 4.78 is 5.68. The summed E-state index contributed by atoms with van der Waals surface area (Å²) in [7, 11) is 0. The molecule has 0 saturated carbocycles. The number of aliphatic hydroxyl groups is 1. The Morgan fingerprint density at radius 1 is 0.920 bits per heavy atom. The average molecular weight is 336 g/mol. The van der Waals surface area contributed by atoms with Gasteiger partial charge in [-0.05, 0) is 35.4 Å². The fourth-order valence-corrected chi connectivity index (χ4v) is 2.51. The molecule has 0 amide bonds. The molecule has 6 heteroatoms. The Hall–Kier alpha value is -2.83. The number of aliphatic hydroxyl groups excluding tert-OH is 1. The summed E-state index contributed by atoms with van der Waals surface area (Å²) in [6.07, 6.45) is 6.88. The molecule has 0 aliphatic carbocycles. The standard InChI is InChI=1S/C19H20N4O2/c24-11-10-23(15-17-5-2-7-20-13-17)14-16-4-1-6-18(12-16)25-19-21-8-3-9-22-19/h1-9,12-13,24H,10-11,14-15H2. The lowest BCUT2D eigenvalue weighted by molar-refractivity contribution is 0.184. The lowest BCUT2D eigenvalue weighted by Gasteiger charge is -2.21. The molecule has 3 aromatic rings. The lowest BCUT2D eigenvalue weighted by atomic mass is 10.2. The first kappa shape index (κ1) is 17.0. The summed E-state index contributed by atoms with van der Waals surface area (Å²) in [5, 5.41) is 9.34. The average Bonchev–Trinajstić information content (AvgIpc) is 2.64. The van der Waals surface area contributed by atoms with Crippen molar-refractivity contribution in [2.45, 2.75) is 13.1 Å². The molecule has 2 heterocycles. The van der Waals surface area contributed by atoms with E-state index < -0.39 is 0 Å². The quantitative estimate of drug-likeness (QED) is 0.682. The van der Waals surface area contributed by atoms with Gasteiger partial charge in [-0.25, -0.2) is 9.97 Å². The van der Waals surface area contributed by atoms with Crippen molar-refractivity contribution in [3.63, 3.8) is 0 Å². The van der Waals surface area contributed by atoms with Crippen LogP contribution in [0, 0.1) is 0 Å². The maximum absolute atomic E-state index is 9.34. The van der Waals surface area contributed by atoms with Gasteiger partial charge in [-0.2, -0.15) is 0 Å². The van der Waals surface area contributed by atoms with Gasteiger partial charge in [0, 0.05) is 44.4 Å². The van der Waals surface area contributed by atoms with Gasteiger partial charge in [0.05, 0.1) is 6.61 Å². The van der Waals surface area contributed by atoms with E-state index in [0.717, 1.165) is 17.7 Å². The summed E-state index contributed by atoms with van der Waals surface area (Å²) in [4.78, 5) is 14.4. The maximum atomic E-state index is 9.34. The van der Waals surface area contributed by atoms with E-state index in [4.69, 9.17) is 4.74 Å². The Kier molecular flexibility index (Phi) is 6.03. The lowest BCUT2D eigenvalue weighted by Crippen LogP contribution is -2.26. The molecule has 0 aliphatic heterocycles. The van der Waals surface area contributed by atoms with Gasteiger partial charge >= 0.3 is 6.01 Å². The van der Waals surface area contributed by atoms with E-state index in [1.54, 1.807) is 24.7 Å². The molecule has 3 rings (SSSR count). The minimum atomic E-state index is 0.105. The second-order valence-electron chi connectivity index (χ2n) is 5.58. The molecule has 25 heavy (non-hydrogen) atoms. The molecule has 0 atom stereocenters. The Morgan fingerprint density at radius 3 is 2.48 bits per heavy atom. The molecule has 0 radical (unpaired) electrons. The van der Waals surface area contributed by atoms with Crippen LogP contribution in [-0.2, 0) is 13.1 Å². The first-order valence-electron chi connectivity index (χ1n) is 8.09. The zero-order valence-corrected chi connectivity index (χ0v) is 13.8. The minimum absolute atomic E-state index is 0.105. The Labute approximate surface area is 146 Å². The van der Waals surface area contributed by atoms with Gasteiger partial charge in [0.15, 0.2) is 0 Å². The number of nitrogens with zero attached hydrogens (tertiary/aromatic N) is 4. The van der Waals surface area contributed by atoms with Crippen molar-refractivity contribution in [2.24, 2.45) is 0 Å². The number of ether oxygens (including phenoxy) is 1. The largest absolute Gasteiger partial charge is 0.424 e. The first-order valence-corrected chi connectivity index (χ1v) is 8.09. The first-order chi connectivity index (χ1) is 12.3. The molecule has 6 nitrogen and oxygen atoms in total. The van der Waals surface area contributed by atoms with Crippen LogP contribution < -0.4 is 4.74 Å². The monoisotopic (exact) mass is 336 g/mol. The van der Waals surface area contributed by atoms with Crippen molar-refractivity contribution >= 4 is 0 Å². The van der Waals surface area contributed by atoms with Crippen molar-refractivity contribution in [2.75, 3.05) is 13.2 Å². The third-order valence-electron chi connectivity index (χ3n) is 3.60. The van der Waals surface area contributed by atoms with Crippen molar-refractivity contribution in [3.8, 4) is 11.8 Å². The predicted molar refractivity (Wildman–Crippen MR) is 94.0 cm³/mol. The number of hydrogen-bond acceptors (Lipinski definition) is 6. The van der Waals surface area contributed by atoms with Gasteiger partial charge < -0.3 is 9.84 Å². The van der Waals surface area contributed by atoms with E-state index in [-0.39, 0.29) is 6.61 Å². The van der Waals surface area contributed by atoms with Crippen LogP contribution in [0.1, 0.15) is 11.1 Å². The van der Waals surface area contributed by atoms with Gasteiger partial charge in [0.2, 0.25) is 0 Å². The SMILES string of the molecule is OCCN(Cc1cccnc1)Cc1cccc(Oc2ncccn2)c1. The molecular formula is C19H20N4O2. The van der Waals surface area contributed by atoms with Crippen LogP contribution >= 0.6 is 0 Å². The zero-order chi connectivity index (χ0) is 17.3. The predicted octanol–water partition coefficient (Wildman–Crippen LogP) is 2.66. The molecule has 0 bridgehead atoms. The number of rotatable bonds is 8. The van der Waals surface area contributed by atoms with Gasteiger partial charge in [0.1, 0.15) is 5.75 Å². The molecule has 0 saturated heterocycles. The van der Waals surface area contributed by atoms with Gasteiger partial charge in [-0.1, -0.05) is 18.2 Å². The molecular weight excluding hydrogens is 316 g/mol. The van der Waals surface area contributed by atoms with Crippen LogP contribution in [0.3, 0.4) is 0 Å². The number of benzene rings is 1. The van der Waals surface area contributed by atoms with Crippen molar-refractivity contribution in [1.29, 1.82) is 0 Å². The summed E-state index contributed by atoms with van der Waals surface area (Å²) in [6, 6.07) is 13.8. The summed E-state index contributed by atoms with van der Waals surface area (Å²) in [5.74, 6) is 0.689. The van der Waals surface area contributed by atoms with E-state index in [1.807, 2.05) is 42.6 Å². The number of pyridine rings is 1. The summed E-state index contributed by atoms with van der Waals surface area (Å²) in [6.45, 7) is 2.11. The Morgan fingerprint density at radius 2 is 1.72 bits per heavy atom. The smallest absolute Gasteiger partial charge is 0.321 e. The number of hydrogen-bond donors (Lipinski definition) is 1. The van der Waals surface area contributed by atoms with E-state index in [0.29, 0.717) is 24.8 Å². The van der Waals surface area contributed by atoms with Crippen LogP contribution in [0.4, 0.5) is 0 Å². The van der Waals surface area contributed by atoms with E-state index in [2.05, 4.69) is 19.9 Å². The Bertz CT molecular complexity index is 769.